The molecule has 0 saturated carbocycles. The summed E-state index contributed by atoms with van der Waals surface area (Å²) in [6, 6.07) is 0. The number of hydrogen-bond donors (Lipinski definition) is 2. The third-order valence-corrected chi connectivity index (χ3v) is 15.6. The van der Waals surface area contributed by atoms with E-state index in [1.165, 1.54) is 167 Å². The van der Waals surface area contributed by atoms with Crippen LogP contribution in [0.4, 0.5) is 0 Å². The first-order valence-electron chi connectivity index (χ1n) is 34.4. The van der Waals surface area contributed by atoms with Gasteiger partial charge in [-0.2, -0.15) is 0 Å². The maximum absolute atomic E-state index is 12.8. The van der Waals surface area contributed by atoms with E-state index >= 15 is 0 Å². The van der Waals surface area contributed by atoms with Crippen molar-refractivity contribution < 1.29 is 37.6 Å². The van der Waals surface area contributed by atoms with Crippen LogP contribution in [0.1, 0.15) is 309 Å². The molecule has 0 fully saturated rings. The highest BCUT2D eigenvalue weighted by molar-refractivity contribution is 7.47. The Balaban J connectivity index is 3.94. The molecule has 3 N–H and O–H groups in total. The molecule has 0 aliphatic heterocycles. The van der Waals surface area contributed by atoms with Gasteiger partial charge in [0.1, 0.15) is 6.61 Å². The van der Waals surface area contributed by atoms with Gasteiger partial charge in [0.05, 0.1) is 13.2 Å². The first-order valence-corrected chi connectivity index (χ1v) is 35.9. The van der Waals surface area contributed by atoms with E-state index in [0.717, 1.165) is 109 Å². The summed E-state index contributed by atoms with van der Waals surface area (Å²) < 4.78 is 33.2. The second kappa shape index (κ2) is 67.8. The number of ether oxygens (including phenoxy) is 2. The van der Waals surface area contributed by atoms with Crippen molar-refractivity contribution in [2.45, 2.75) is 315 Å². The van der Waals surface area contributed by atoms with Crippen molar-refractivity contribution in [3.05, 3.63) is 109 Å². The summed E-state index contributed by atoms with van der Waals surface area (Å²) in [5.41, 5.74) is 5.40. The number of carbonyl (C=O) groups excluding carboxylic acids is 2. The molecular formula is C73H128NO8P. The Kier molecular flexibility index (Phi) is 65.1. The Hall–Kier alpha value is -3.33. The van der Waals surface area contributed by atoms with Gasteiger partial charge in [0.15, 0.2) is 6.10 Å². The lowest BCUT2D eigenvalue weighted by atomic mass is 10.0. The Morgan fingerprint density at radius 1 is 0.373 bits per heavy atom. The largest absolute Gasteiger partial charge is 0.472 e. The summed E-state index contributed by atoms with van der Waals surface area (Å²) in [4.78, 5) is 35.3. The number of rotatable bonds is 64. The number of carbonyl (C=O) groups is 2. The Bertz CT molecular complexity index is 1730. The molecule has 0 aromatic carbocycles. The van der Waals surface area contributed by atoms with E-state index in [1.54, 1.807) is 0 Å². The van der Waals surface area contributed by atoms with E-state index in [0.29, 0.717) is 6.42 Å². The van der Waals surface area contributed by atoms with Crippen molar-refractivity contribution in [3.63, 3.8) is 0 Å². The lowest BCUT2D eigenvalue weighted by Crippen LogP contribution is -2.29. The maximum Gasteiger partial charge on any atom is 0.472 e. The third kappa shape index (κ3) is 67.7. The van der Waals surface area contributed by atoms with Crippen LogP contribution in [0.2, 0.25) is 0 Å². The molecule has 0 amide bonds. The molecule has 0 aliphatic rings. The van der Waals surface area contributed by atoms with Crippen LogP contribution in [0.5, 0.6) is 0 Å². The summed E-state index contributed by atoms with van der Waals surface area (Å²) in [5, 5.41) is 0. The predicted octanol–water partition coefficient (Wildman–Crippen LogP) is 22.5. The van der Waals surface area contributed by atoms with Gasteiger partial charge < -0.3 is 20.1 Å². The molecule has 0 heterocycles. The molecule has 9 nitrogen and oxygen atoms in total. The van der Waals surface area contributed by atoms with Crippen molar-refractivity contribution in [3.8, 4) is 0 Å². The summed E-state index contributed by atoms with van der Waals surface area (Å²) in [5.74, 6) is -0.840. The molecular weight excluding hydrogens is 1050 g/mol. The second-order valence-corrected chi connectivity index (χ2v) is 24.1. The minimum Gasteiger partial charge on any atom is -0.462 e. The zero-order chi connectivity index (χ0) is 60.1. The van der Waals surface area contributed by atoms with Gasteiger partial charge in [0, 0.05) is 19.4 Å². The smallest absolute Gasteiger partial charge is 0.462 e. The first kappa shape index (κ1) is 79.7. The third-order valence-electron chi connectivity index (χ3n) is 14.6. The SMILES string of the molecule is CC/C=C\C/C=C\C/C=C\C/C=C\C/C=C\C/C=C\C/C=C\C/C=C\CCCCCCCCC(=O)OC(COC(=O)CCCCCCCCCCCCCCCCCCCCC/C=C\CCCCCCCCCC)COP(=O)(O)OCCN. The van der Waals surface area contributed by atoms with Crippen molar-refractivity contribution in [2.75, 3.05) is 26.4 Å². The Labute approximate surface area is 511 Å². The van der Waals surface area contributed by atoms with Crippen LogP contribution in [0.3, 0.4) is 0 Å². The summed E-state index contributed by atoms with van der Waals surface area (Å²) in [6.45, 7) is 3.64. The van der Waals surface area contributed by atoms with E-state index in [1.807, 2.05) is 0 Å². The van der Waals surface area contributed by atoms with E-state index in [2.05, 4.69) is 123 Å². The number of nitrogens with two attached hydrogens (primary N) is 1. The molecule has 0 bridgehead atoms. The summed E-state index contributed by atoms with van der Waals surface area (Å²) >= 11 is 0. The van der Waals surface area contributed by atoms with Gasteiger partial charge in [-0.3, -0.25) is 18.6 Å². The van der Waals surface area contributed by atoms with E-state index in [-0.39, 0.29) is 38.6 Å². The van der Waals surface area contributed by atoms with E-state index in [9.17, 15) is 19.0 Å². The molecule has 0 spiro atoms. The fourth-order valence-corrected chi connectivity index (χ4v) is 10.4. The average molecular weight is 1180 g/mol. The van der Waals surface area contributed by atoms with Crippen LogP contribution in [0, 0.1) is 0 Å². The molecule has 478 valence electrons. The zero-order valence-corrected chi connectivity index (χ0v) is 54.5. The lowest BCUT2D eigenvalue weighted by molar-refractivity contribution is -0.161. The number of hydrogen-bond acceptors (Lipinski definition) is 8. The van der Waals surface area contributed by atoms with Crippen molar-refractivity contribution in [1.82, 2.24) is 0 Å². The molecule has 0 aromatic rings. The Morgan fingerprint density at radius 3 is 1.00 bits per heavy atom. The minimum absolute atomic E-state index is 0.0465. The Morgan fingerprint density at radius 2 is 0.663 bits per heavy atom. The van der Waals surface area contributed by atoms with Crippen LogP contribution in [-0.4, -0.2) is 49.3 Å². The van der Waals surface area contributed by atoms with Crippen LogP contribution in [-0.2, 0) is 32.7 Å². The van der Waals surface area contributed by atoms with Gasteiger partial charge in [-0.05, 0) is 103 Å². The normalized spacial score (nSPS) is 13.6. The number of esters is 2. The average Bonchev–Trinajstić information content (AvgIpc) is 3.48. The van der Waals surface area contributed by atoms with Crippen LogP contribution < -0.4 is 5.73 Å². The number of phosphoric ester groups is 1. The maximum atomic E-state index is 12.8. The van der Waals surface area contributed by atoms with Gasteiger partial charge in [-0.1, -0.05) is 303 Å². The van der Waals surface area contributed by atoms with Crippen LogP contribution in [0.15, 0.2) is 109 Å². The van der Waals surface area contributed by atoms with Gasteiger partial charge in [0.2, 0.25) is 0 Å². The summed E-state index contributed by atoms with van der Waals surface area (Å²) in [6.07, 6.45) is 93.2. The highest BCUT2D eigenvalue weighted by Crippen LogP contribution is 2.43. The fraction of sp³-hybridized carbons (Fsp3) is 0.726. The fourth-order valence-electron chi connectivity index (χ4n) is 9.59. The molecule has 10 heteroatoms. The van der Waals surface area contributed by atoms with Gasteiger partial charge in [0.25, 0.3) is 0 Å². The number of phosphoric acid groups is 1. The van der Waals surface area contributed by atoms with Gasteiger partial charge in [-0.15, -0.1) is 0 Å². The zero-order valence-electron chi connectivity index (χ0n) is 53.7. The molecule has 0 saturated heterocycles. The van der Waals surface area contributed by atoms with E-state index in [4.69, 9.17) is 24.3 Å². The van der Waals surface area contributed by atoms with Gasteiger partial charge in [-0.25, -0.2) is 4.57 Å². The standard InChI is InChI=1S/C73H128NO8P/c1-3-5-7-9-11-13-15-17-19-21-23-25-27-29-31-33-35-37-39-41-43-45-47-49-51-53-55-57-59-61-63-65-72(75)79-69-71(70-81-83(77,78)80-68-67-74)82-73(76)66-64-62-60-58-56-54-52-50-48-46-44-42-40-38-36-34-32-30-28-26-24-22-20-18-16-14-12-10-8-6-4-2/h6,8,12,14,18,20-21,23-24,26,30,32,36,38,42,44,48,50,71H,3-5,7,9-11,13,15-17,19,22,25,27-29,31,33-35,37,39-41,43,45-47,49,51-70,74H2,1-2H3,(H,77,78)/b8-6-,14-12-,20-18-,23-21-,26-24-,32-30-,38-36-,44-42-,50-48-. The molecule has 0 radical (unpaired) electrons. The quantitative estimate of drug-likeness (QED) is 0.0264. The predicted molar refractivity (Wildman–Crippen MR) is 358 cm³/mol. The molecule has 0 aliphatic carbocycles. The minimum atomic E-state index is -4.40. The molecule has 2 atom stereocenters. The molecule has 0 aromatic heterocycles. The lowest BCUT2D eigenvalue weighted by Gasteiger charge is -2.19. The topological polar surface area (TPSA) is 134 Å². The highest BCUT2D eigenvalue weighted by atomic mass is 31.2. The van der Waals surface area contributed by atoms with E-state index < -0.39 is 26.5 Å². The number of allylic oxidation sites excluding steroid dienone is 18. The first-order chi connectivity index (χ1) is 40.8. The van der Waals surface area contributed by atoms with Crippen molar-refractivity contribution in [1.29, 1.82) is 0 Å². The molecule has 83 heavy (non-hydrogen) atoms. The molecule has 0 rings (SSSR count). The van der Waals surface area contributed by atoms with Gasteiger partial charge >= 0.3 is 19.8 Å². The molecule has 2 unspecified atom stereocenters. The van der Waals surface area contributed by atoms with Crippen molar-refractivity contribution >= 4 is 19.8 Å². The van der Waals surface area contributed by atoms with Crippen LogP contribution >= 0.6 is 7.82 Å². The monoisotopic (exact) mass is 1180 g/mol. The summed E-state index contributed by atoms with van der Waals surface area (Å²) in [7, 11) is -4.40. The van der Waals surface area contributed by atoms with Crippen molar-refractivity contribution in [2.24, 2.45) is 5.73 Å². The van der Waals surface area contributed by atoms with Crippen LogP contribution in [0.25, 0.3) is 0 Å². The number of unbranched alkanes of at least 4 members (excludes halogenated alkanes) is 33. The highest BCUT2D eigenvalue weighted by Gasteiger charge is 2.26. The second-order valence-electron chi connectivity index (χ2n) is 22.7.